The number of hydrogen-bond acceptors (Lipinski definition) is 6. The van der Waals surface area contributed by atoms with E-state index in [1.54, 1.807) is 28.7 Å². The summed E-state index contributed by atoms with van der Waals surface area (Å²) in [6.07, 6.45) is 3.11. The van der Waals surface area contributed by atoms with Gasteiger partial charge in [0.25, 0.3) is 0 Å². The highest BCUT2D eigenvalue weighted by Gasteiger charge is 2.67. The van der Waals surface area contributed by atoms with Crippen molar-refractivity contribution in [2.45, 2.75) is 18.6 Å². The summed E-state index contributed by atoms with van der Waals surface area (Å²) < 4.78 is 16.6. The molecule has 32 heavy (non-hydrogen) atoms. The molecule has 4 aliphatic rings. The largest absolute Gasteiger partial charge is 0.497 e. The van der Waals surface area contributed by atoms with Crippen molar-refractivity contribution in [3.8, 4) is 5.75 Å². The van der Waals surface area contributed by atoms with Gasteiger partial charge in [0, 0.05) is 37.9 Å². The molecule has 9 heteroatoms. The molecule has 4 atom stereocenters. The Morgan fingerprint density at radius 3 is 2.66 bits per heavy atom. The van der Waals surface area contributed by atoms with Crippen molar-refractivity contribution in [1.29, 1.82) is 0 Å². The topological polar surface area (TPSA) is 88.6 Å². The van der Waals surface area contributed by atoms with E-state index in [2.05, 4.69) is 0 Å². The first-order valence-corrected chi connectivity index (χ1v) is 11.0. The quantitative estimate of drug-likeness (QED) is 0.654. The number of rotatable bonds is 4. The van der Waals surface area contributed by atoms with Gasteiger partial charge < -0.3 is 28.9 Å². The number of nitrogens with zero attached hydrogens (tertiary/aromatic N) is 3. The van der Waals surface area contributed by atoms with Gasteiger partial charge in [-0.15, -0.1) is 0 Å². The van der Waals surface area contributed by atoms with Crippen molar-refractivity contribution < 1.29 is 28.6 Å². The highest BCUT2D eigenvalue weighted by Crippen LogP contribution is 2.53. The molecule has 0 saturated carbocycles. The summed E-state index contributed by atoms with van der Waals surface area (Å²) in [5.41, 5.74) is -0.0504. The Bertz CT molecular complexity index is 972. The summed E-state index contributed by atoms with van der Waals surface area (Å²) in [5.74, 6) is -0.640. The van der Waals surface area contributed by atoms with E-state index < -0.39 is 23.5 Å². The molecule has 1 aromatic carbocycles. The van der Waals surface area contributed by atoms with Gasteiger partial charge in [0.1, 0.15) is 11.4 Å². The summed E-state index contributed by atoms with van der Waals surface area (Å²) in [7, 11) is 1.59. The third-order valence-electron chi connectivity index (χ3n) is 6.87. The smallest absolute Gasteiger partial charge is 0.409 e. The lowest BCUT2D eigenvalue weighted by molar-refractivity contribution is -0.141. The molecule has 4 aliphatic heterocycles. The number of hydrogen-bond donors (Lipinski definition) is 0. The first-order valence-electron chi connectivity index (χ1n) is 11.0. The van der Waals surface area contributed by atoms with Crippen molar-refractivity contribution in [3.63, 3.8) is 0 Å². The fourth-order valence-corrected chi connectivity index (χ4v) is 5.31. The van der Waals surface area contributed by atoms with Crippen molar-refractivity contribution in [2.24, 2.45) is 11.8 Å². The molecule has 9 nitrogen and oxygen atoms in total. The normalized spacial score (nSPS) is 30.6. The fourth-order valence-electron chi connectivity index (χ4n) is 5.31. The lowest BCUT2D eigenvalue weighted by Crippen LogP contribution is -2.54. The first kappa shape index (κ1) is 20.8. The number of methoxy groups -OCH3 is 1. The SMILES string of the molecule is CCOC(=O)N1CCN(C(=O)[C@@H]2[C@H]3C(=O)N(c4cccc(OC)c4)C[C@]34C=C[C@H]2O4)CC1. The van der Waals surface area contributed by atoms with E-state index in [1.807, 2.05) is 36.4 Å². The minimum absolute atomic E-state index is 0.0874. The monoisotopic (exact) mass is 441 g/mol. The number of carbonyl (C=O) groups excluding carboxylic acids is 3. The minimum Gasteiger partial charge on any atom is -0.497 e. The zero-order chi connectivity index (χ0) is 22.5. The molecule has 0 aromatic heterocycles. The number of fused-ring (bicyclic) bond motifs is 1. The van der Waals surface area contributed by atoms with Crippen molar-refractivity contribution >= 4 is 23.6 Å². The van der Waals surface area contributed by atoms with E-state index in [0.717, 1.165) is 5.69 Å². The number of amides is 3. The van der Waals surface area contributed by atoms with E-state index in [1.165, 1.54) is 0 Å². The summed E-state index contributed by atoms with van der Waals surface area (Å²) in [4.78, 5) is 44.0. The van der Waals surface area contributed by atoms with Gasteiger partial charge in [-0.2, -0.15) is 0 Å². The number of piperazine rings is 1. The molecule has 170 valence electrons. The van der Waals surface area contributed by atoms with Crippen LogP contribution >= 0.6 is 0 Å². The third kappa shape index (κ3) is 3.14. The van der Waals surface area contributed by atoms with Crippen LogP contribution in [0.5, 0.6) is 5.75 Å². The Morgan fingerprint density at radius 2 is 1.94 bits per heavy atom. The second-order valence-corrected chi connectivity index (χ2v) is 8.54. The molecule has 0 radical (unpaired) electrons. The molecule has 3 amide bonds. The average molecular weight is 441 g/mol. The molecular weight excluding hydrogens is 414 g/mol. The average Bonchev–Trinajstić information content (AvgIpc) is 3.47. The zero-order valence-corrected chi connectivity index (χ0v) is 18.2. The summed E-state index contributed by atoms with van der Waals surface area (Å²) in [6.45, 7) is 4.12. The lowest BCUT2D eigenvalue weighted by atomic mass is 9.76. The van der Waals surface area contributed by atoms with Gasteiger partial charge in [-0.05, 0) is 19.1 Å². The number of ether oxygens (including phenoxy) is 3. The third-order valence-corrected chi connectivity index (χ3v) is 6.87. The van der Waals surface area contributed by atoms with Crippen LogP contribution in [0, 0.1) is 11.8 Å². The molecule has 0 unspecified atom stereocenters. The maximum atomic E-state index is 13.5. The molecule has 1 spiro atoms. The Balaban J connectivity index is 1.33. The zero-order valence-electron chi connectivity index (χ0n) is 18.2. The van der Waals surface area contributed by atoms with Gasteiger partial charge in [0.05, 0.1) is 38.2 Å². The van der Waals surface area contributed by atoms with Crippen LogP contribution in [0.25, 0.3) is 0 Å². The lowest BCUT2D eigenvalue weighted by Gasteiger charge is -2.36. The maximum Gasteiger partial charge on any atom is 0.409 e. The molecular formula is C23H27N3O6. The summed E-state index contributed by atoms with van der Waals surface area (Å²) >= 11 is 0. The predicted octanol–water partition coefficient (Wildman–Crippen LogP) is 1.28. The minimum atomic E-state index is -0.780. The number of carbonyl (C=O) groups is 3. The van der Waals surface area contributed by atoms with E-state index in [0.29, 0.717) is 45.1 Å². The van der Waals surface area contributed by atoms with E-state index in [4.69, 9.17) is 14.2 Å². The maximum absolute atomic E-state index is 13.5. The molecule has 0 N–H and O–H groups in total. The molecule has 3 fully saturated rings. The van der Waals surface area contributed by atoms with Gasteiger partial charge in [-0.3, -0.25) is 9.59 Å². The standard InChI is InChI=1S/C23H27N3O6/c1-3-31-22(29)25-11-9-24(10-12-25)20(27)18-17-7-8-23(32-17)14-26(21(28)19(18)23)15-5-4-6-16(13-15)30-2/h4-8,13,17-19H,3,9-12,14H2,1-2H3/t17-,18+,19+,23-/m1/s1. The second-order valence-electron chi connectivity index (χ2n) is 8.54. The van der Waals surface area contributed by atoms with E-state index in [-0.39, 0.29) is 17.9 Å². The van der Waals surface area contributed by atoms with Crippen LogP contribution in [0.2, 0.25) is 0 Å². The van der Waals surface area contributed by atoms with Crippen LogP contribution in [0.4, 0.5) is 10.5 Å². The Hall–Kier alpha value is -3.07. The van der Waals surface area contributed by atoms with Crippen LogP contribution in [0.3, 0.4) is 0 Å². The molecule has 2 bridgehead atoms. The Labute approximate surface area is 186 Å². The molecule has 5 rings (SSSR count). The van der Waals surface area contributed by atoms with Gasteiger partial charge in [0.2, 0.25) is 11.8 Å². The van der Waals surface area contributed by atoms with E-state index in [9.17, 15) is 14.4 Å². The van der Waals surface area contributed by atoms with Gasteiger partial charge in [-0.25, -0.2) is 4.79 Å². The van der Waals surface area contributed by atoms with Crippen molar-refractivity contribution in [3.05, 3.63) is 36.4 Å². The van der Waals surface area contributed by atoms with Gasteiger partial charge in [-0.1, -0.05) is 18.2 Å². The highest BCUT2D eigenvalue weighted by atomic mass is 16.6. The van der Waals surface area contributed by atoms with Crippen LogP contribution < -0.4 is 9.64 Å². The highest BCUT2D eigenvalue weighted by molar-refractivity contribution is 6.03. The number of benzene rings is 1. The molecule has 0 aliphatic carbocycles. The van der Waals surface area contributed by atoms with Crippen LogP contribution in [-0.4, -0.2) is 85.9 Å². The summed E-state index contributed by atoms with van der Waals surface area (Å²) in [5, 5.41) is 0. The first-order chi connectivity index (χ1) is 15.5. The van der Waals surface area contributed by atoms with Crippen molar-refractivity contribution in [1.82, 2.24) is 9.80 Å². The van der Waals surface area contributed by atoms with Gasteiger partial charge in [0.15, 0.2) is 0 Å². The van der Waals surface area contributed by atoms with Crippen LogP contribution in [0.15, 0.2) is 36.4 Å². The van der Waals surface area contributed by atoms with Gasteiger partial charge >= 0.3 is 6.09 Å². The Kier molecular flexibility index (Phi) is 5.08. The summed E-state index contributed by atoms with van der Waals surface area (Å²) in [6, 6.07) is 7.34. The number of anilines is 1. The van der Waals surface area contributed by atoms with Crippen LogP contribution in [-0.2, 0) is 19.1 Å². The molecule has 4 heterocycles. The van der Waals surface area contributed by atoms with E-state index >= 15 is 0 Å². The predicted molar refractivity (Wildman–Crippen MR) is 114 cm³/mol. The van der Waals surface area contributed by atoms with Crippen LogP contribution in [0.1, 0.15) is 6.92 Å². The fraction of sp³-hybridized carbons (Fsp3) is 0.522. The second kappa shape index (κ2) is 7.81. The van der Waals surface area contributed by atoms with Crippen molar-refractivity contribution in [2.75, 3.05) is 51.3 Å². The molecule has 3 saturated heterocycles. The Morgan fingerprint density at radius 1 is 1.19 bits per heavy atom. The molecule has 1 aromatic rings.